The lowest BCUT2D eigenvalue weighted by molar-refractivity contribution is -0.118. The van der Waals surface area contributed by atoms with Gasteiger partial charge < -0.3 is 10.1 Å². The zero-order valence-corrected chi connectivity index (χ0v) is 19.9. The molecule has 2 rings (SSSR count). The summed E-state index contributed by atoms with van der Waals surface area (Å²) in [6, 6.07) is 11.9. The number of rotatable bonds is 4. The maximum Gasteiger partial charge on any atom is 0.262 e. The minimum absolute atomic E-state index is 0.0435. The molecule has 0 aliphatic carbocycles. The Labute approximate surface area is 179 Å². The number of anilines is 1. The second-order valence-electron chi connectivity index (χ2n) is 8.67. The normalized spacial score (nSPS) is 12.0. The largest absolute Gasteiger partial charge is 0.483 e. The van der Waals surface area contributed by atoms with Gasteiger partial charge in [0.15, 0.2) is 6.61 Å². The molecule has 2 aromatic rings. The molecule has 0 spiro atoms. The predicted molar refractivity (Wildman–Crippen MR) is 120 cm³/mol. The van der Waals surface area contributed by atoms with Crippen molar-refractivity contribution in [1.29, 1.82) is 0 Å². The second kappa shape index (κ2) is 8.36. The molecule has 0 radical (unpaired) electrons. The molecule has 146 valence electrons. The van der Waals surface area contributed by atoms with Crippen molar-refractivity contribution in [3.8, 4) is 5.75 Å². The van der Waals surface area contributed by atoms with Gasteiger partial charge in [0, 0.05) is 14.5 Å². The first-order valence-electron chi connectivity index (χ1n) is 8.90. The van der Waals surface area contributed by atoms with E-state index in [0.29, 0.717) is 0 Å². The van der Waals surface area contributed by atoms with Crippen molar-refractivity contribution in [2.45, 2.75) is 52.4 Å². The highest BCUT2D eigenvalue weighted by atomic mass is 79.9. The number of hydrogen-bond donors (Lipinski definition) is 1. The molecule has 0 fully saturated rings. The van der Waals surface area contributed by atoms with Crippen LogP contribution in [0.4, 0.5) is 5.69 Å². The Kier molecular flexibility index (Phi) is 6.80. The Morgan fingerprint density at radius 3 is 2.19 bits per heavy atom. The molecule has 3 nitrogen and oxygen atoms in total. The molecule has 0 atom stereocenters. The third-order valence-corrected chi connectivity index (χ3v) is 5.37. The van der Waals surface area contributed by atoms with Gasteiger partial charge in [-0.15, -0.1) is 0 Å². The third-order valence-electron chi connectivity index (χ3n) is 4.22. The van der Waals surface area contributed by atoms with Crippen molar-refractivity contribution in [2.75, 3.05) is 11.9 Å². The molecule has 0 saturated carbocycles. The number of benzene rings is 2. The molecule has 0 aromatic heterocycles. The van der Waals surface area contributed by atoms with Crippen molar-refractivity contribution >= 4 is 43.5 Å². The predicted octanol–water partition coefficient (Wildman–Crippen LogP) is 6.82. The van der Waals surface area contributed by atoms with Crippen LogP contribution in [-0.2, 0) is 15.6 Å². The van der Waals surface area contributed by atoms with E-state index in [9.17, 15) is 4.79 Å². The fraction of sp³-hybridized carbons (Fsp3) is 0.409. The van der Waals surface area contributed by atoms with Gasteiger partial charge in [-0.1, -0.05) is 63.5 Å². The number of halogens is 2. The summed E-state index contributed by atoms with van der Waals surface area (Å²) in [5.74, 6) is 0.532. The quantitative estimate of drug-likeness (QED) is 0.504. The number of ether oxygens (including phenoxy) is 1. The van der Waals surface area contributed by atoms with Gasteiger partial charge in [0.25, 0.3) is 5.91 Å². The summed E-state index contributed by atoms with van der Waals surface area (Å²) < 4.78 is 7.68. The number of carbonyl (C=O) groups is 1. The van der Waals surface area contributed by atoms with E-state index in [2.05, 4.69) is 78.7 Å². The van der Waals surface area contributed by atoms with Gasteiger partial charge in [0.2, 0.25) is 0 Å². The van der Waals surface area contributed by atoms with E-state index >= 15 is 0 Å². The number of nitrogens with one attached hydrogen (secondary N) is 1. The molecule has 2 aromatic carbocycles. The molecule has 1 N–H and O–H groups in total. The maximum absolute atomic E-state index is 12.4. The lowest BCUT2D eigenvalue weighted by Crippen LogP contribution is -2.22. The highest BCUT2D eigenvalue weighted by molar-refractivity contribution is 9.10. The summed E-state index contributed by atoms with van der Waals surface area (Å²) in [5.41, 5.74) is 2.97. The number of amides is 1. The summed E-state index contributed by atoms with van der Waals surface area (Å²) in [6.45, 7) is 12.8. The summed E-state index contributed by atoms with van der Waals surface area (Å²) in [4.78, 5) is 12.4. The van der Waals surface area contributed by atoms with Crippen molar-refractivity contribution in [1.82, 2.24) is 0 Å². The van der Waals surface area contributed by atoms with Gasteiger partial charge in [-0.2, -0.15) is 0 Å². The SMILES string of the molecule is CC(C)(C)c1ccc(NC(=O)COc2ccc(Br)cc2C(C)(C)C)c(Br)c1. The monoisotopic (exact) mass is 495 g/mol. The smallest absolute Gasteiger partial charge is 0.262 e. The fourth-order valence-corrected chi connectivity index (χ4v) is 3.47. The molecular formula is C22H27Br2NO2. The minimum Gasteiger partial charge on any atom is -0.483 e. The molecule has 5 heteroatoms. The van der Waals surface area contributed by atoms with Crippen molar-refractivity contribution in [2.24, 2.45) is 0 Å². The standard InChI is InChI=1S/C22H27Br2NO2/c1-21(2,3)14-7-9-18(17(24)11-14)25-20(26)13-27-19-10-8-15(23)12-16(19)22(4,5)6/h7-12H,13H2,1-6H3,(H,25,26). The van der Waals surface area contributed by atoms with E-state index in [1.54, 1.807) is 0 Å². The summed E-state index contributed by atoms with van der Waals surface area (Å²) in [5, 5.41) is 2.91. The van der Waals surface area contributed by atoms with Crippen LogP contribution < -0.4 is 10.1 Å². The van der Waals surface area contributed by atoms with Crippen LogP contribution in [-0.4, -0.2) is 12.5 Å². The molecule has 0 aliphatic heterocycles. The molecule has 0 heterocycles. The van der Waals surface area contributed by atoms with Crippen LogP contribution in [0.2, 0.25) is 0 Å². The highest BCUT2D eigenvalue weighted by Gasteiger charge is 2.20. The molecule has 0 bridgehead atoms. The van der Waals surface area contributed by atoms with Gasteiger partial charge in [-0.3, -0.25) is 4.79 Å². The Hall–Kier alpha value is -1.33. The summed E-state index contributed by atoms with van der Waals surface area (Å²) >= 11 is 7.05. The second-order valence-corrected chi connectivity index (χ2v) is 10.4. The third kappa shape index (κ3) is 6.08. The van der Waals surface area contributed by atoms with E-state index in [1.165, 1.54) is 5.56 Å². The van der Waals surface area contributed by atoms with E-state index in [4.69, 9.17) is 4.74 Å². The first kappa shape index (κ1) is 22.0. The average molecular weight is 497 g/mol. The maximum atomic E-state index is 12.4. The summed E-state index contributed by atoms with van der Waals surface area (Å²) in [6.07, 6.45) is 0. The number of carbonyl (C=O) groups excluding carboxylic acids is 1. The Bertz CT molecular complexity index is 833. The van der Waals surface area contributed by atoms with Gasteiger partial charge in [0.05, 0.1) is 5.69 Å². The molecule has 0 aliphatic rings. The van der Waals surface area contributed by atoms with Crippen LogP contribution >= 0.6 is 31.9 Å². The van der Waals surface area contributed by atoms with Gasteiger partial charge >= 0.3 is 0 Å². The van der Waals surface area contributed by atoms with E-state index in [0.717, 1.165) is 25.9 Å². The first-order chi connectivity index (χ1) is 12.4. The van der Waals surface area contributed by atoms with Crippen LogP contribution in [0, 0.1) is 0 Å². The van der Waals surface area contributed by atoms with Gasteiger partial charge in [-0.05, 0) is 62.7 Å². The Balaban J connectivity index is 2.08. The topological polar surface area (TPSA) is 38.3 Å². The van der Waals surface area contributed by atoms with Crippen LogP contribution in [0.1, 0.15) is 52.7 Å². The highest BCUT2D eigenvalue weighted by Crippen LogP contribution is 2.34. The molecular weight excluding hydrogens is 470 g/mol. The van der Waals surface area contributed by atoms with E-state index in [-0.39, 0.29) is 23.3 Å². The van der Waals surface area contributed by atoms with Gasteiger partial charge in [-0.25, -0.2) is 0 Å². The van der Waals surface area contributed by atoms with Crippen LogP contribution in [0.15, 0.2) is 45.3 Å². The van der Waals surface area contributed by atoms with Crippen LogP contribution in [0.3, 0.4) is 0 Å². The molecule has 0 saturated heterocycles. The van der Waals surface area contributed by atoms with Gasteiger partial charge in [0.1, 0.15) is 5.75 Å². The lowest BCUT2D eigenvalue weighted by atomic mass is 9.86. The molecule has 0 unspecified atom stereocenters. The molecule has 27 heavy (non-hydrogen) atoms. The Morgan fingerprint density at radius 1 is 0.963 bits per heavy atom. The zero-order valence-electron chi connectivity index (χ0n) is 16.7. The summed E-state index contributed by atoms with van der Waals surface area (Å²) in [7, 11) is 0. The van der Waals surface area contributed by atoms with Crippen molar-refractivity contribution in [3.63, 3.8) is 0 Å². The van der Waals surface area contributed by atoms with E-state index < -0.39 is 0 Å². The Morgan fingerprint density at radius 2 is 1.63 bits per heavy atom. The minimum atomic E-state index is -0.193. The zero-order chi connectivity index (χ0) is 20.4. The van der Waals surface area contributed by atoms with E-state index in [1.807, 2.05) is 36.4 Å². The van der Waals surface area contributed by atoms with Crippen LogP contribution in [0.25, 0.3) is 0 Å². The van der Waals surface area contributed by atoms with Crippen molar-refractivity contribution < 1.29 is 9.53 Å². The number of hydrogen-bond acceptors (Lipinski definition) is 2. The average Bonchev–Trinajstić information content (AvgIpc) is 2.53. The fourth-order valence-electron chi connectivity index (χ4n) is 2.63. The van der Waals surface area contributed by atoms with Crippen molar-refractivity contribution in [3.05, 3.63) is 56.5 Å². The molecule has 1 amide bonds. The lowest BCUT2D eigenvalue weighted by Gasteiger charge is -2.23. The first-order valence-corrected chi connectivity index (χ1v) is 10.5. The van der Waals surface area contributed by atoms with Crippen LogP contribution in [0.5, 0.6) is 5.75 Å².